The van der Waals surface area contributed by atoms with Crippen molar-refractivity contribution in [3.63, 3.8) is 0 Å². The van der Waals surface area contributed by atoms with Gasteiger partial charge in [-0.25, -0.2) is 0 Å². The molecule has 2 aromatic carbocycles. The van der Waals surface area contributed by atoms with Crippen LogP contribution < -0.4 is 0 Å². The number of carbonyl (C=O) groups is 2. The van der Waals surface area contributed by atoms with Gasteiger partial charge < -0.3 is 9.84 Å². The van der Waals surface area contributed by atoms with Crippen LogP contribution in [0.1, 0.15) is 74.8 Å². The minimum atomic E-state index is -0.667. The summed E-state index contributed by atoms with van der Waals surface area (Å²) < 4.78 is 5.97. The van der Waals surface area contributed by atoms with Crippen molar-refractivity contribution in [3.8, 4) is 5.75 Å². The topological polar surface area (TPSA) is 76.0 Å². The van der Waals surface area contributed by atoms with Crippen LogP contribution in [0, 0.1) is 5.92 Å². The van der Waals surface area contributed by atoms with Gasteiger partial charge in [0.15, 0.2) is 5.78 Å². The molecule has 2 aromatic rings. The molecule has 5 heteroatoms. The van der Waals surface area contributed by atoms with E-state index in [1.54, 1.807) is 18.2 Å². The summed E-state index contributed by atoms with van der Waals surface area (Å²) in [4.78, 5) is 32.0. The lowest BCUT2D eigenvalue weighted by atomic mass is 9.69. The third-order valence-corrected chi connectivity index (χ3v) is 7.48. The molecular weight excluding hydrogens is 426 g/mol. The molecule has 5 rings (SSSR count). The fourth-order valence-corrected chi connectivity index (χ4v) is 5.82. The Bertz CT molecular complexity index is 1140. The van der Waals surface area contributed by atoms with Gasteiger partial charge >= 0.3 is 5.97 Å². The number of phenolic OH excluding ortho intramolecular Hbond substituents is 1. The molecule has 0 radical (unpaired) electrons. The number of aromatic hydroxyl groups is 1. The van der Waals surface area contributed by atoms with E-state index in [1.807, 2.05) is 31.2 Å². The molecule has 176 valence electrons. The summed E-state index contributed by atoms with van der Waals surface area (Å²) in [5.41, 5.74) is 3.92. The van der Waals surface area contributed by atoms with Crippen LogP contribution in [-0.2, 0) is 14.3 Å². The smallest absolute Gasteiger partial charge is 0.315 e. The molecule has 2 aliphatic carbocycles. The van der Waals surface area contributed by atoms with Crippen LogP contribution in [0.3, 0.4) is 0 Å². The average molecular weight is 458 g/mol. The number of aliphatic imine (C=N–C) groups is 1. The van der Waals surface area contributed by atoms with E-state index in [9.17, 15) is 14.7 Å². The van der Waals surface area contributed by atoms with Crippen LogP contribution in [0.15, 0.2) is 70.9 Å². The SMILES string of the molecule is CC1=NC2=C(C(=O)C[C@@H](c3ccccc3)C2)[C@@H](c2cccc(O)c2)C1C(=O)OC1CCCCC1. The molecule has 0 spiro atoms. The maximum Gasteiger partial charge on any atom is 0.315 e. The number of ether oxygens (including phenoxy) is 1. The molecule has 1 fully saturated rings. The predicted octanol–water partition coefficient (Wildman–Crippen LogP) is 5.84. The fourth-order valence-electron chi connectivity index (χ4n) is 5.82. The third-order valence-electron chi connectivity index (χ3n) is 7.48. The van der Waals surface area contributed by atoms with Crippen LogP contribution in [-0.4, -0.2) is 28.7 Å². The normalized spacial score (nSPS) is 25.5. The number of rotatable bonds is 4. The first kappa shape index (κ1) is 22.6. The van der Waals surface area contributed by atoms with Crippen LogP contribution >= 0.6 is 0 Å². The van der Waals surface area contributed by atoms with Crippen molar-refractivity contribution in [2.75, 3.05) is 0 Å². The van der Waals surface area contributed by atoms with Gasteiger partial charge in [-0.2, -0.15) is 0 Å². The Hall–Kier alpha value is -3.21. The number of phenols is 1. The van der Waals surface area contributed by atoms with Gasteiger partial charge in [0, 0.05) is 29.3 Å². The van der Waals surface area contributed by atoms with Crippen LogP contribution in [0.2, 0.25) is 0 Å². The molecule has 1 unspecified atom stereocenters. The summed E-state index contributed by atoms with van der Waals surface area (Å²) in [7, 11) is 0. The highest BCUT2D eigenvalue weighted by atomic mass is 16.5. The zero-order chi connectivity index (χ0) is 23.7. The van der Waals surface area contributed by atoms with E-state index in [0.717, 1.165) is 42.5 Å². The molecule has 0 aromatic heterocycles. The van der Waals surface area contributed by atoms with Crippen molar-refractivity contribution in [1.29, 1.82) is 0 Å². The highest BCUT2D eigenvalue weighted by Crippen LogP contribution is 2.47. The zero-order valence-electron chi connectivity index (χ0n) is 19.6. The Morgan fingerprint density at radius 1 is 0.971 bits per heavy atom. The second-order valence-electron chi connectivity index (χ2n) is 9.80. The maximum atomic E-state index is 13.6. The van der Waals surface area contributed by atoms with Crippen LogP contribution in [0.25, 0.3) is 0 Å². The molecule has 3 aliphatic rings. The molecule has 0 amide bonds. The van der Waals surface area contributed by atoms with Gasteiger partial charge in [0.2, 0.25) is 0 Å². The number of esters is 1. The lowest BCUT2D eigenvalue weighted by molar-refractivity contribution is -0.153. The van der Waals surface area contributed by atoms with E-state index in [2.05, 4.69) is 12.1 Å². The van der Waals surface area contributed by atoms with E-state index in [0.29, 0.717) is 24.1 Å². The average Bonchev–Trinajstić information content (AvgIpc) is 2.84. The number of ketones is 1. The fraction of sp³-hybridized carbons (Fsp3) is 0.414. The second-order valence-corrected chi connectivity index (χ2v) is 9.80. The van der Waals surface area contributed by atoms with Gasteiger partial charge in [0.25, 0.3) is 0 Å². The Labute approximate surface area is 200 Å². The number of carbonyl (C=O) groups excluding carboxylic acids is 2. The summed E-state index contributed by atoms with van der Waals surface area (Å²) >= 11 is 0. The summed E-state index contributed by atoms with van der Waals surface area (Å²) in [5.74, 6) is -1.27. The lowest BCUT2D eigenvalue weighted by Crippen LogP contribution is -2.39. The molecule has 1 saturated carbocycles. The Morgan fingerprint density at radius 2 is 1.71 bits per heavy atom. The minimum Gasteiger partial charge on any atom is -0.508 e. The van der Waals surface area contributed by atoms with E-state index in [1.165, 1.54) is 6.42 Å². The number of nitrogens with zero attached hydrogens (tertiary/aromatic N) is 1. The number of Topliss-reactive ketones (excluding diaryl/α,β-unsaturated/α-hetero) is 1. The monoisotopic (exact) mass is 457 g/mol. The van der Waals surface area contributed by atoms with Crippen molar-refractivity contribution in [3.05, 3.63) is 77.0 Å². The molecule has 1 heterocycles. The molecule has 3 atom stereocenters. The van der Waals surface area contributed by atoms with Gasteiger partial charge in [-0.05, 0) is 68.2 Å². The van der Waals surface area contributed by atoms with E-state index >= 15 is 0 Å². The summed E-state index contributed by atoms with van der Waals surface area (Å²) in [6.07, 6.45) is 6.06. The van der Waals surface area contributed by atoms with E-state index in [4.69, 9.17) is 9.73 Å². The van der Waals surface area contributed by atoms with Gasteiger partial charge in [0.1, 0.15) is 17.8 Å². The highest BCUT2D eigenvalue weighted by Gasteiger charge is 2.45. The van der Waals surface area contributed by atoms with Gasteiger partial charge in [-0.1, -0.05) is 48.9 Å². The quantitative estimate of drug-likeness (QED) is 0.585. The maximum absolute atomic E-state index is 13.6. The second kappa shape index (κ2) is 9.57. The Balaban J connectivity index is 1.53. The molecule has 1 N–H and O–H groups in total. The van der Waals surface area contributed by atoms with Crippen LogP contribution in [0.4, 0.5) is 0 Å². The predicted molar refractivity (Wildman–Crippen MR) is 131 cm³/mol. The van der Waals surface area contributed by atoms with Gasteiger partial charge in [0.05, 0.1) is 0 Å². The summed E-state index contributed by atoms with van der Waals surface area (Å²) in [5, 5.41) is 10.2. The first-order chi connectivity index (χ1) is 16.5. The van der Waals surface area contributed by atoms with E-state index in [-0.39, 0.29) is 29.5 Å². The first-order valence-corrected chi connectivity index (χ1v) is 12.4. The highest BCUT2D eigenvalue weighted by molar-refractivity contribution is 6.09. The molecule has 5 nitrogen and oxygen atoms in total. The van der Waals surface area contributed by atoms with Crippen molar-refractivity contribution in [1.82, 2.24) is 0 Å². The minimum absolute atomic E-state index is 0.0233. The summed E-state index contributed by atoms with van der Waals surface area (Å²) in [6.45, 7) is 1.86. The molecule has 0 saturated heterocycles. The molecule has 0 bridgehead atoms. The number of allylic oxidation sites excluding steroid dienone is 2. The van der Waals surface area contributed by atoms with Crippen molar-refractivity contribution >= 4 is 17.5 Å². The van der Waals surface area contributed by atoms with Gasteiger partial charge in [-0.3, -0.25) is 14.6 Å². The third kappa shape index (κ3) is 4.44. The zero-order valence-corrected chi connectivity index (χ0v) is 19.6. The number of hydrogen-bond donors (Lipinski definition) is 1. The largest absolute Gasteiger partial charge is 0.508 e. The standard InChI is InChI=1S/C29H31NO4/c1-18-26(29(33)34-23-13-6-3-7-14-23)27(20-11-8-12-22(31)15-20)28-24(30-18)16-21(17-25(28)32)19-9-4-2-5-10-19/h2,4-5,8-12,15,21,23,26-27,31H,3,6-7,13-14,16-17H2,1H3/t21-,26?,27-/m0/s1. The van der Waals surface area contributed by atoms with Crippen molar-refractivity contribution in [2.24, 2.45) is 10.9 Å². The molecule has 34 heavy (non-hydrogen) atoms. The van der Waals surface area contributed by atoms with Crippen LogP contribution in [0.5, 0.6) is 5.75 Å². The number of hydrogen-bond acceptors (Lipinski definition) is 5. The lowest BCUT2D eigenvalue weighted by Gasteiger charge is -2.37. The van der Waals surface area contributed by atoms with Gasteiger partial charge in [-0.15, -0.1) is 0 Å². The Kier molecular flexibility index (Phi) is 6.36. The Morgan fingerprint density at radius 3 is 2.44 bits per heavy atom. The van der Waals surface area contributed by atoms with Crippen molar-refractivity contribution in [2.45, 2.75) is 69.8 Å². The van der Waals surface area contributed by atoms with E-state index < -0.39 is 11.8 Å². The number of benzene rings is 2. The van der Waals surface area contributed by atoms with Crippen molar-refractivity contribution < 1.29 is 19.4 Å². The first-order valence-electron chi connectivity index (χ1n) is 12.4. The molecule has 1 aliphatic heterocycles. The molecular formula is C29H31NO4. The summed E-state index contributed by atoms with van der Waals surface area (Å²) in [6, 6.07) is 17.0.